The molecule has 1 rings (SSSR count). The highest BCUT2D eigenvalue weighted by molar-refractivity contribution is 14.1. The Morgan fingerprint density at radius 1 is 1.50 bits per heavy atom. The van der Waals surface area contributed by atoms with Gasteiger partial charge in [-0.25, -0.2) is 4.98 Å². The number of aliphatic imine (C=N–C) groups is 1. The highest BCUT2D eigenvalue weighted by Gasteiger charge is 2.24. The fourth-order valence-corrected chi connectivity index (χ4v) is 2.26. The van der Waals surface area contributed by atoms with Crippen molar-refractivity contribution >= 4 is 40.6 Å². The van der Waals surface area contributed by atoms with Crippen molar-refractivity contribution in [2.45, 2.75) is 52.6 Å². The zero-order valence-corrected chi connectivity index (χ0v) is 18.2. The summed E-state index contributed by atoms with van der Waals surface area (Å²) in [5, 5.41) is 8.84. The lowest BCUT2D eigenvalue weighted by molar-refractivity contribution is -0.0125. The van der Waals surface area contributed by atoms with Crippen molar-refractivity contribution in [2.24, 2.45) is 10.9 Å². The van der Waals surface area contributed by atoms with Gasteiger partial charge in [-0.1, -0.05) is 33.1 Å². The molecule has 1 aromatic rings. The molecule has 8 heteroatoms. The molecule has 0 saturated heterocycles. The Morgan fingerprint density at radius 2 is 2.15 bits per heavy atom. The van der Waals surface area contributed by atoms with E-state index in [1.165, 1.54) is 7.11 Å². The van der Waals surface area contributed by atoms with E-state index in [0.29, 0.717) is 29.5 Å². The lowest BCUT2D eigenvalue weighted by Crippen LogP contribution is -2.33. The Bertz CT molecular complexity index is 616. The maximum atomic E-state index is 12.9. The Hall–Kier alpha value is -1.31. The van der Waals surface area contributed by atoms with Crippen molar-refractivity contribution in [1.29, 1.82) is 0 Å². The predicted molar refractivity (Wildman–Crippen MR) is 113 cm³/mol. The van der Waals surface area contributed by atoms with Gasteiger partial charge in [0, 0.05) is 13.3 Å². The minimum Gasteiger partial charge on any atom is -0.392 e. The van der Waals surface area contributed by atoms with Crippen LogP contribution < -0.4 is 3.53 Å². The fourth-order valence-electron chi connectivity index (χ4n) is 1.89. The number of rotatable bonds is 8. The van der Waals surface area contributed by atoms with E-state index in [4.69, 9.17) is 16.3 Å². The molecule has 1 heterocycles. The second kappa shape index (κ2) is 12.9. The predicted octanol–water partition coefficient (Wildman–Crippen LogP) is 4.23. The topological polar surface area (TPSA) is 79.6 Å². The normalized spacial score (nSPS) is 14.1. The molecule has 0 amide bonds. The molecule has 2 N–H and O–H groups in total. The SMILES string of the molecule is C#CC(CO)(CCC)OC.CCC(C)C=Nc1c(C)nc(F)nc1NI. The van der Waals surface area contributed by atoms with Crippen LogP contribution in [0.5, 0.6) is 0 Å². The lowest BCUT2D eigenvalue weighted by atomic mass is 10.0. The lowest BCUT2D eigenvalue weighted by Gasteiger charge is -2.23. The van der Waals surface area contributed by atoms with Crippen LogP contribution in [-0.2, 0) is 4.74 Å². The maximum absolute atomic E-state index is 12.9. The molecule has 0 bridgehead atoms. The van der Waals surface area contributed by atoms with Crippen LogP contribution in [0.15, 0.2) is 4.99 Å². The summed E-state index contributed by atoms with van der Waals surface area (Å²) in [7, 11) is 1.52. The van der Waals surface area contributed by atoms with Crippen molar-refractivity contribution in [3.63, 3.8) is 0 Å². The van der Waals surface area contributed by atoms with E-state index in [9.17, 15) is 4.39 Å². The molecular weight excluding hydrogens is 450 g/mol. The van der Waals surface area contributed by atoms with Crippen LogP contribution in [0, 0.1) is 31.3 Å². The average Bonchev–Trinajstić information content (AvgIpc) is 2.65. The van der Waals surface area contributed by atoms with Crippen LogP contribution in [0.3, 0.4) is 0 Å². The third-order valence-corrected chi connectivity index (χ3v) is 4.30. The van der Waals surface area contributed by atoms with E-state index >= 15 is 0 Å². The first kappa shape index (κ1) is 24.7. The Kier molecular flexibility index (Phi) is 12.3. The summed E-state index contributed by atoms with van der Waals surface area (Å²) in [5.74, 6) is 3.23. The number of anilines is 1. The summed E-state index contributed by atoms with van der Waals surface area (Å²) >= 11 is 1.90. The van der Waals surface area contributed by atoms with Crippen LogP contribution in [0.25, 0.3) is 0 Å². The third kappa shape index (κ3) is 7.93. The zero-order chi connectivity index (χ0) is 20.2. The van der Waals surface area contributed by atoms with Crippen LogP contribution in [0.4, 0.5) is 15.9 Å². The number of halogens is 2. The van der Waals surface area contributed by atoms with E-state index < -0.39 is 11.7 Å². The van der Waals surface area contributed by atoms with Crippen LogP contribution in [0.1, 0.15) is 45.7 Å². The number of aliphatic hydroxyl groups excluding tert-OH is 1. The summed E-state index contributed by atoms with van der Waals surface area (Å²) in [5.41, 5.74) is 0.386. The number of ether oxygens (including phenoxy) is 1. The van der Waals surface area contributed by atoms with Gasteiger partial charge in [0.15, 0.2) is 11.4 Å². The molecule has 6 nitrogen and oxygen atoms in total. The number of aryl methyl sites for hydroxylation is 1. The van der Waals surface area contributed by atoms with Gasteiger partial charge in [-0.2, -0.15) is 9.37 Å². The minimum absolute atomic E-state index is 0.103. The molecule has 146 valence electrons. The van der Waals surface area contributed by atoms with Crippen molar-refractivity contribution in [2.75, 3.05) is 17.2 Å². The van der Waals surface area contributed by atoms with E-state index in [-0.39, 0.29) is 6.61 Å². The molecule has 0 aliphatic rings. The van der Waals surface area contributed by atoms with Crippen LogP contribution >= 0.6 is 22.9 Å². The first-order valence-corrected chi connectivity index (χ1v) is 9.49. The number of hydrogen-bond acceptors (Lipinski definition) is 6. The first-order valence-electron chi connectivity index (χ1n) is 8.41. The number of aliphatic hydroxyl groups is 1. The maximum Gasteiger partial charge on any atom is 0.310 e. The molecule has 2 unspecified atom stereocenters. The number of nitrogens with one attached hydrogen (secondary N) is 1. The van der Waals surface area contributed by atoms with Gasteiger partial charge in [0.2, 0.25) is 0 Å². The van der Waals surface area contributed by atoms with E-state index in [1.54, 1.807) is 6.92 Å². The second-order valence-corrected chi connectivity index (χ2v) is 6.32. The van der Waals surface area contributed by atoms with E-state index in [2.05, 4.69) is 38.3 Å². The van der Waals surface area contributed by atoms with Gasteiger partial charge in [0.25, 0.3) is 0 Å². The van der Waals surface area contributed by atoms with Crippen molar-refractivity contribution in [3.05, 3.63) is 11.8 Å². The molecule has 26 heavy (non-hydrogen) atoms. The summed E-state index contributed by atoms with van der Waals surface area (Å²) in [6.07, 6.45) is 8.91. The van der Waals surface area contributed by atoms with Crippen molar-refractivity contribution < 1.29 is 14.2 Å². The standard InChI is InChI=1S/C10H14FIN4.C8H14O2/c1-4-6(2)5-13-8-7(3)14-10(11)15-9(8)16-12;1-4-6-8(5-2,7-9)10-3/h5-6H,4H2,1-3H3,(H,14,15,16);2,9H,4,6-7H2,1,3H3. The van der Waals surface area contributed by atoms with Gasteiger partial charge in [-0.15, -0.1) is 6.42 Å². The van der Waals surface area contributed by atoms with E-state index in [0.717, 1.165) is 12.8 Å². The highest BCUT2D eigenvalue weighted by Crippen LogP contribution is 2.26. The smallest absolute Gasteiger partial charge is 0.310 e. The number of methoxy groups -OCH3 is 1. The van der Waals surface area contributed by atoms with Gasteiger partial charge < -0.3 is 13.4 Å². The van der Waals surface area contributed by atoms with Crippen LogP contribution in [0.2, 0.25) is 0 Å². The number of hydrogen-bond donors (Lipinski definition) is 2. The molecule has 0 spiro atoms. The summed E-state index contributed by atoms with van der Waals surface area (Å²) < 4.78 is 20.7. The average molecular weight is 478 g/mol. The number of terminal acetylenes is 1. The molecule has 0 aromatic carbocycles. The number of aromatic nitrogens is 2. The molecule has 0 saturated carbocycles. The zero-order valence-electron chi connectivity index (χ0n) is 16.0. The first-order chi connectivity index (χ1) is 12.3. The van der Waals surface area contributed by atoms with Gasteiger partial charge in [-0.05, 0) is 25.7 Å². The Labute approximate surface area is 169 Å². The van der Waals surface area contributed by atoms with Gasteiger partial charge in [0.1, 0.15) is 5.69 Å². The largest absolute Gasteiger partial charge is 0.392 e. The Morgan fingerprint density at radius 3 is 2.54 bits per heavy atom. The molecule has 0 aliphatic carbocycles. The fraction of sp³-hybridized carbons (Fsp3) is 0.611. The molecule has 2 atom stereocenters. The Balaban J connectivity index is 0.000000541. The summed E-state index contributed by atoms with van der Waals surface area (Å²) in [6, 6.07) is 0. The third-order valence-electron chi connectivity index (χ3n) is 3.79. The number of nitrogens with zero attached hydrogens (tertiary/aromatic N) is 3. The van der Waals surface area contributed by atoms with Crippen molar-refractivity contribution in [1.82, 2.24) is 9.97 Å². The minimum atomic E-state index is -0.741. The molecule has 0 aliphatic heterocycles. The van der Waals surface area contributed by atoms with Crippen LogP contribution in [-0.4, -0.2) is 40.6 Å². The van der Waals surface area contributed by atoms with Gasteiger partial charge in [0.05, 0.1) is 35.2 Å². The molecule has 0 radical (unpaired) electrons. The molecule has 0 fully saturated rings. The van der Waals surface area contributed by atoms with Crippen molar-refractivity contribution in [3.8, 4) is 12.3 Å². The quantitative estimate of drug-likeness (QED) is 0.192. The van der Waals surface area contributed by atoms with Gasteiger partial charge in [-0.3, -0.25) is 4.99 Å². The summed E-state index contributed by atoms with van der Waals surface area (Å²) in [6.45, 7) is 7.77. The molecule has 1 aromatic heterocycles. The van der Waals surface area contributed by atoms with E-state index in [1.807, 2.05) is 36.0 Å². The summed E-state index contributed by atoms with van der Waals surface area (Å²) in [4.78, 5) is 11.6. The molecular formula is C18H28FIN4O2. The highest BCUT2D eigenvalue weighted by atomic mass is 127. The second-order valence-electron chi connectivity index (χ2n) is 5.78. The monoisotopic (exact) mass is 478 g/mol. The van der Waals surface area contributed by atoms with Gasteiger partial charge >= 0.3 is 6.08 Å².